The molecule has 1 aliphatic heterocycles. The molecule has 132 valence electrons. The molecule has 1 aliphatic carbocycles. The smallest absolute Gasteiger partial charge is 0.229 e. The zero-order chi connectivity index (χ0) is 17.8. The van der Waals surface area contributed by atoms with Crippen LogP contribution in [0.5, 0.6) is 0 Å². The predicted molar refractivity (Wildman–Crippen MR) is 95.9 cm³/mol. The number of benzene rings is 1. The second kappa shape index (κ2) is 7.51. The molecule has 25 heavy (non-hydrogen) atoms. The first-order chi connectivity index (χ1) is 12.0. The van der Waals surface area contributed by atoms with Crippen molar-refractivity contribution in [2.24, 2.45) is 11.8 Å². The minimum atomic E-state index is -0.357. The Kier molecular flexibility index (Phi) is 5.16. The Bertz CT molecular complexity index is 714. The molecule has 1 aromatic rings. The molecule has 6 heteroatoms. The molecule has 1 saturated heterocycles. The van der Waals surface area contributed by atoms with Crippen LogP contribution in [0.4, 0.5) is 11.4 Å². The maximum absolute atomic E-state index is 12.4. The molecule has 0 aromatic heterocycles. The average molecular weight is 341 g/mol. The fourth-order valence-corrected chi connectivity index (χ4v) is 3.28. The van der Waals surface area contributed by atoms with Crippen LogP contribution < -0.4 is 10.6 Å². The van der Waals surface area contributed by atoms with Gasteiger partial charge in [0.2, 0.25) is 17.7 Å². The molecule has 6 nitrogen and oxygen atoms in total. The summed E-state index contributed by atoms with van der Waals surface area (Å²) < 4.78 is 0. The van der Waals surface area contributed by atoms with Crippen LogP contribution in [0.25, 0.3) is 0 Å². The Balaban J connectivity index is 1.62. The van der Waals surface area contributed by atoms with Crippen LogP contribution >= 0.6 is 0 Å². The first kappa shape index (κ1) is 17.2. The second-order valence-corrected chi connectivity index (χ2v) is 6.73. The normalized spacial score (nSPS) is 22.3. The molecule has 3 amide bonds. The van der Waals surface area contributed by atoms with Crippen molar-refractivity contribution in [3.63, 3.8) is 0 Å². The SMILES string of the molecule is CN1CC(C(=O)Nc2ccccc2NC(=O)CC2C=CCC2)CC1=O. The summed E-state index contributed by atoms with van der Waals surface area (Å²) in [6.07, 6.45) is 6.90. The maximum atomic E-state index is 12.4. The van der Waals surface area contributed by atoms with Gasteiger partial charge in [0.05, 0.1) is 17.3 Å². The second-order valence-electron chi connectivity index (χ2n) is 6.73. The maximum Gasteiger partial charge on any atom is 0.229 e. The number of rotatable bonds is 5. The van der Waals surface area contributed by atoms with E-state index in [1.807, 2.05) is 6.07 Å². The van der Waals surface area contributed by atoms with Crippen molar-refractivity contribution in [1.82, 2.24) is 4.90 Å². The van der Waals surface area contributed by atoms with Crippen molar-refractivity contribution in [3.05, 3.63) is 36.4 Å². The highest BCUT2D eigenvalue weighted by atomic mass is 16.2. The van der Waals surface area contributed by atoms with Gasteiger partial charge in [-0.3, -0.25) is 14.4 Å². The number of likely N-dealkylation sites (tertiary alicyclic amines) is 1. The molecule has 1 fully saturated rings. The molecule has 2 aliphatic rings. The molecule has 0 bridgehead atoms. The van der Waals surface area contributed by atoms with Gasteiger partial charge in [-0.2, -0.15) is 0 Å². The van der Waals surface area contributed by atoms with Gasteiger partial charge in [-0.05, 0) is 30.9 Å². The fraction of sp³-hybridized carbons (Fsp3) is 0.421. The predicted octanol–water partition coefficient (Wildman–Crippen LogP) is 2.40. The summed E-state index contributed by atoms with van der Waals surface area (Å²) in [6, 6.07) is 7.14. The van der Waals surface area contributed by atoms with E-state index in [4.69, 9.17) is 0 Å². The highest BCUT2D eigenvalue weighted by molar-refractivity contribution is 6.02. The number of anilines is 2. The lowest BCUT2D eigenvalue weighted by atomic mass is 10.0. The molecule has 1 aromatic carbocycles. The zero-order valence-electron chi connectivity index (χ0n) is 14.3. The van der Waals surface area contributed by atoms with Gasteiger partial charge in [0.25, 0.3) is 0 Å². The molecule has 2 N–H and O–H groups in total. The molecule has 2 unspecified atom stereocenters. The minimum absolute atomic E-state index is 0.0219. The Morgan fingerprint density at radius 1 is 1.20 bits per heavy atom. The Hall–Kier alpha value is -2.63. The molecule has 0 spiro atoms. The van der Waals surface area contributed by atoms with Gasteiger partial charge in [0, 0.05) is 26.4 Å². The van der Waals surface area contributed by atoms with Crippen LogP contribution in [-0.4, -0.2) is 36.2 Å². The van der Waals surface area contributed by atoms with Crippen molar-refractivity contribution in [2.75, 3.05) is 24.2 Å². The van der Waals surface area contributed by atoms with Gasteiger partial charge in [-0.15, -0.1) is 0 Å². The third-order valence-corrected chi connectivity index (χ3v) is 4.73. The summed E-state index contributed by atoms with van der Waals surface area (Å²) in [5.41, 5.74) is 1.14. The van der Waals surface area contributed by atoms with Gasteiger partial charge in [-0.25, -0.2) is 0 Å². The lowest BCUT2D eigenvalue weighted by Gasteiger charge is -2.15. The van der Waals surface area contributed by atoms with E-state index in [9.17, 15) is 14.4 Å². The van der Waals surface area contributed by atoms with Gasteiger partial charge < -0.3 is 15.5 Å². The van der Waals surface area contributed by atoms with Crippen LogP contribution in [0.2, 0.25) is 0 Å². The standard InChI is InChI=1S/C19H23N3O3/c1-22-12-14(11-18(22)24)19(25)21-16-9-5-4-8-15(16)20-17(23)10-13-6-2-3-7-13/h2,4-6,8-9,13-14H,3,7,10-12H2,1H3,(H,20,23)(H,21,25). The van der Waals surface area contributed by atoms with Crippen molar-refractivity contribution in [3.8, 4) is 0 Å². The minimum Gasteiger partial charge on any atom is -0.345 e. The Labute approximate surface area is 147 Å². The summed E-state index contributed by atoms with van der Waals surface area (Å²) in [6.45, 7) is 0.424. The molecule has 0 radical (unpaired) electrons. The van der Waals surface area contributed by atoms with Gasteiger partial charge in [-0.1, -0.05) is 24.3 Å². The number of nitrogens with zero attached hydrogens (tertiary/aromatic N) is 1. The van der Waals surface area contributed by atoms with Crippen molar-refractivity contribution >= 4 is 29.1 Å². The molecular formula is C19H23N3O3. The number of hydrogen-bond donors (Lipinski definition) is 2. The molecule has 1 heterocycles. The number of allylic oxidation sites excluding steroid dienone is 2. The van der Waals surface area contributed by atoms with Crippen LogP contribution in [0.1, 0.15) is 25.7 Å². The number of carbonyl (C=O) groups is 3. The van der Waals surface area contributed by atoms with Crippen LogP contribution in [0, 0.1) is 11.8 Å². The van der Waals surface area contributed by atoms with E-state index in [1.54, 1.807) is 30.1 Å². The van der Waals surface area contributed by atoms with E-state index in [-0.39, 0.29) is 30.1 Å². The van der Waals surface area contributed by atoms with Crippen LogP contribution in [-0.2, 0) is 14.4 Å². The lowest BCUT2D eigenvalue weighted by Crippen LogP contribution is -2.26. The topological polar surface area (TPSA) is 78.5 Å². The van der Waals surface area contributed by atoms with Crippen molar-refractivity contribution in [1.29, 1.82) is 0 Å². The summed E-state index contributed by atoms with van der Waals surface area (Å²) >= 11 is 0. The van der Waals surface area contributed by atoms with Gasteiger partial charge >= 0.3 is 0 Å². The molecular weight excluding hydrogens is 318 g/mol. The summed E-state index contributed by atoms with van der Waals surface area (Å²) in [4.78, 5) is 37.8. The van der Waals surface area contributed by atoms with Crippen molar-refractivity contribution in [2.45, 2.75) is 25.7 Å². The Morgan fingerprint density at radius 2 is 1.92 bits per heavy atom. The van der Waals surface area contributed by atoms with Crippen LogP contribution in [0.3, 0.4) is 0 Å². The number of para-hydroxylation sites is 2. The molecule has 2 atom stereocenters. The first-order valence-corrected chi connectivity index (χ1v) is 8.63. The van der Waals surface area contributed by atoms with Gasteiger partial charge in [0.15, 0.2) is 0 Å². The van der Waals surface area contributed by atoms with E-state index in [0.29, 0.717) is 30.3 Å². The summed E-state index contributed by atoms with van der Waals surface area (Å²) in [5, 5.41) is 5.73. The monoisotopic (exact) mass is 341 g/mol. The summed E-state index contributed by atoms with van der Waals surface area (Å²) in [5.74, 6) is -0.342. The number of nitrogens with one attached hydrogen (secondary N) is 2. The lowest BCUT2D eigenvalue weighted by molar-refractivity contribution is -0.127. The molecule has 0 saturated carbocycles. The summed E-state index contributed by atoms with van der Waals surface area (Å²) in [7, 11) is 1.70. The van der Waals surface area contributed by atoms with E-state index < -0.39 is 0 Å². The Morgan fingerprint density at radius 3 is 2.52 bits per heavy atom. The fourth-order valence-electron chi connectivity index (χ4n) is 3.28. The zero-order valence-corrected chi connectivity index (χ0v) is 14.3. The third-order valence-electron chi connectivity index (χ3n) is 4.73. The number of carbonyl (C=O) groups excluding carboxylic acids is 3. The first-order valence-electron chi connectivity index (χ1n) is 8.63. The largest absolute Gasteiger partial charge is 0.345 e. The van der Waals surface area contributed by atoms with Gasteiger partial charge in [0.1, 0.15) is 0 Å². The average Bonchev–Trinajstić information content (AvgIpc) is 3.19. The third kappa shape index (κ3) is 4.26. The number of hydrogen-bond acceptors (Lipinski definition) is 3. The van der Waals surface area contributed by atoms with E-state index in [1.165, 1.54) is 0 Å². The highest BCUT2D eigenvalue weighted by Gasteiger charge is 2.32. The van der Waals surface area contributed by atoms with E-state index in [0.717, 1.165) is 12.8 Å². The van der Waals surface area contributed by atoms with Crippen LogP contribution in [0.15, 0.2) is 36.4 Å². The van der Waals surface area contributed by atoms with Crippen molar-refractivity contribution < 1.29 is 14.4 Å². The van der Waals surface area contributed by atoms with E-state index in [2.05, 4.69) is 22.8 Å². The molecule has 3 rings (SSSR count). The highest BCUT2D eigenvalue weighted by Crippen LogP contribution is 2.26. The van der Waals surface area contributed by atoms with E-state index >= 15 is 0 Å². The quantitative estimate of drug-likeness (QED) is 0.807. The number of amides is 3.